The zero-order chi connectivity index (χ0) is 12.6. The summed E-state index contributed by atoms with van der Waals surface area (Å²) in [6, 6.07) is -0.612. The van der Waals surface area contributed by atoms with Crippen LogP contribution in [0.3, 0.4) is 0 Å². The summed E-state index contributed by atoms with van der Waals surface area (Å²) in [5.74, 6) is -0.140. The zero-order valence-electron chi connectivity index (χ0n) is 10.1. The normalized spacial score (nSPS) is 34.5. The molecule has 3 atom stereocenters. The molecule has 0 aromatic heterocycles. The third kappa shape index (κ3) is 2.20. The number of nitrogens with zero attached hydrogens (tertiary/aromatic N) is 1. The van der Waals surface area contributed by atoms with Crippen molar-refractivity contribution in [2.45, 2.75) is 51.1 Å². The van der Waals surface area contributed by atoms with E-state index in [9.17, 15) is 13.2 Å². The van der Waals surface area contributed by atoms with E-state index in [4.69, 9.17) is 5.73 Å². The van der Waals surface area contributed by atoms with Crippen LogP contribution in [-0.4, -0.2) is 36.5 Å². The number of nitrogens with two attached hydrogens (primary N) is 1. The molecule has 1 aliphatic heterocycles. The Kier molecular flexibility index (Phi) is 3.45. The van der Waals surface area contributed by atoms with Crippen molar-refractivity contribution in [3.05, 3.63) is 0 Å². The van der Waals surface area contributed by atoms with Gasteiger partial charge in [-0.25, -0.2) is 8.42 Å². The molecule has 98 valence electrons. The van der Waals surface area contributed by atoms with Crippen molar-refractivity contribution in [3.63, 3.8) is 0 Å². The van der Waals surface area contributed by atoms with E-state index in [0.717, 1.165) is 25.7 Å². The van der Waals surface area contributed by atoms with Crippen LogP contribution in [0.5, 0.6) is 0 Å². The predicted molar refractivity (Wildman–Crippen MR) is 64.6 cm³/mol. The standard InChI is InChI=1S/C11H20N2O3S/c1-2-17(15,16)13-9-6-4-3-5-8(9)7-10(13)11(12)14/h8-10H,2-7H2,1H3,(H2,12,14)/t8-,9+,10+/m1/s1. The third-order valence-electron chi connectivity index (χ3n) is 4.04. The summed E-state index contributed by atoms with van der Waals surface area (Å²) in [6.07, 6.45) is 4.67. The Morgan fingerprint density at radius 1 is 1.35 bits per heavy atom. The number of amides is 1. The molecule has 0 aromatic carbocycles. The second kappa shape index (κ2) is 4.57. The van der Waals surface area contributed by atoms with Crippen LogP contribution in [0.4, 0.5) is 0 Å². The first-order valence-electron chi connectivity index (χ1n) is 6.28. The van der Waals surface area contributed by atoms with Crippen LogP contribution in [-0.2, 0) is 14.8 Å². The second-order valence-corrected chi connectivity index (χ2v) is 7.16. The van der Waals surface area contributed by atoms with Gasteiger partial charge in [-0.2, -0.15) is 4.31 Å². The SMILES string of the molecule is CCS(=O)(=O)N1[C@H](C(N)=O)C[C@H]2CCCC[C@@H]21. The summed E-state index contributed by atoms with van der Waals surface area (Å²) in [5.41, 5.74) is 5.35. The molecule has 2 fully saturated rings. The molecule has 0 bridgehead atoms. The maximum absolute atomic E-state index is 12.1. The van der Waals surface area contributed by atoms with Crippen molar-refractivity contribution in [2.24, 2.45) is 11.7 Å². The lowest BCUT2D eigenvalue weighted by Crippen LogP contribution is -2.48. The first-order chi connectivity index (χ1) is 7.97. The van der Waals surface area contributed by atoms with E-state index in [1.807, 2.05) is 0 Å². The van der Waals surface area contributed by atoms with E-state index in [0.29, 0.717) is 12.3 Å². The molecule has 1 saturated heterocycles. The number of fused-ring (bicyclic) bond motifs is 1. The van der Waals surface area contributed by atoms with Crippen molar-refractivity contribution in [1.29, 1.82) is 0 Å². The van der Waals surface area contributed by atoms with Crippen LogP contribution in [0.25, 0.3) is 0 Å². The molecular formula is C11H20N2O3S. The maximum atomic E-state index is 12.1. The molecular weight excluding hydrogens is 240 g/mol. The fourth-order valence-electron chi connectivity index (χ4n) is 3.21. The number of hydrogen-bond acceptors (Lipinski definition) is 3. The van der Waals surface area contributed by atoms with Crippen LogP contribution >= 0.6 is 0 Å². The van der Waals surface area contributed by atoms with Gasteiger partial charge in [-0.15, -0.1) is 0 Å². The van der Waals surface area contributed by atoms with Crippen LogP contribution in [0.1, 0.15) is 39.0 Å². The Bertz CT molecular complexity index is 407. The van der Waals surface area contributed by atoms with E-state index in [-0.39, 0.29) is 11.8 Å². The average molecular weight is 260 g/mol. The topological polar surface area (TPSA) is 80.5 Å². The average Bonchev–Trinajstić information content (AvgIpc) is 2.69. The van der Waals surface area contributed by atoms with Gasteiger partial charge >= 0.3 is 0 Å². The molecule has 0 aromatic rings. The van der Waals surface area contributed by atoms with Crippen molar-refractivity contribution < 1.29 is 13.2 Å². The molecule has 5 nitrogen and oxygen atoms in total. The van der Waals surface area contributed by atoms with Gasteiger partial charge in [0.2, 0.25) is 15.9 Å². The lowest BCUT2D eigenvalue weighted by Gasteiger charge is -2.31. The Morgan fingerprint density at radius 3 is 2.59 bits per heavy atom. The summed E-state index contributed by atoms with van der Waals surface area (Å²) in [4.78, 5) is 11.4. The van der Waals surface area contributed by atoms with Crippen LogP contribution in [0.15, 0.2) is 0 Å². The van der Waals surface area contributed by atoms with E-state index < -0.39 is 22.0 Å². The molecule has 1 aliphatic carbocycles. The van der Waals surface area contributed by atoms with Crippen molar-refractivity contribution in [2.75, 3.05) is 5.75 Å². The minimum absolute atomic E-state index is 0.00574. The molecule has 0 spiro atoms. The highest BCUT2D eigenvalue weighted by Crippen LogP contribution is 2.41. The Hall–Kier alpha value is -0.620. The quantitative estimate of drug-likeness (QED) is 0.800. The fraction of sp³-hybridized carbons (Fsp3) is 0.909. The molecule has 2 aliphatic rings. The molecule has 1 amide bonds. The Morgan fingerprint density at radius 2 is 2.00 bits per heavy atom. The largest absolute Gasteiger partial charge is 0.368 e. The smallest absolute Gasteiger partial charge is 0.235 e. The third-order valence-corrected chi connectivity index (χ3v) is 5.94. The first kappa shape index (κ1) is 12.8. The minimum atomic E-state index is -3.33. The van der Waals surface area contributed by atoms with Gasteiger partial charge in [0.1, 0.15) is 6.04 Å². The monoisotopic (exact) mass is 260 g/mol. The van der Waals surface area contributed by atoms with E-state index in [2.05, 4.69) is 0 Å². The highest BCUT2D eigenvalue weighted by atomic mass is 32.2. The first-order valence-corrected chi connectivity index (χ1v) is 7.89. The highest BCUT2D eigenvalue weighted by Gasteiger charge is 2.49. The summed E-state index contributed by atoms with van der Waals surface area (Å²) in [6.45, 7) is 1.61. The van der Waals surface area contributed by atoms with Gasteiger partial charge in [-0.05, 0) is 32.1 Å². The van der Waals surface area contributed by atoms with Crippen LogP contribution in [0, 0.1) is 5.92 Å². The predicted octanol–water partition coefficient (Wildman–Crippen LogP) is 0.454. The van der Waals surface area contributed by atoms with Gasteiger partial charge in [-0.3, -0.25) is 4.79 Å². The van der Waals surface area contributed by atoms with Gasteiger partial charge in [0.25, 0.3) is 0 Å². The molecule has 0 radical (unpaired) electrons. The molecule has 0 unspecified atom stereocenters. The van der Waals surface area contributed by atoms with E-state index in [1.54, 1.807) is 6.92 Å². The Labute approximate surface area is 102 Å². The van der Waals surface area contributed by atoms with Crippen LogP contribution < -0.4 is 5.73 Å². The summed E-state index contributed by atoms with van der Waals surface area (Å²) < 4.78 is 25.6. The van der Waals surface area contributed by atoms with E-state index >= 15 is 0 Å². The zero-order valence-corrected chi connectivity index (χ0v) is 10.9. The number of hydrogen-bond donors (Lipinski definition) is 1. The molecule has 1 saturated carbocycles. The number of sulfonamides is 1. The molecule has 6 heteroatoms. The fourth-order valence-corrected chi connectivity index (χ4v) is 4.78. The van der Waals surface area contributed by atoms with Gasteiger partial charge < -0.3 is 5.73 Å². The lowest BCUT2D eigenvalue weighted by atomic mass is 9.85. The summed E-state index contributed by atoms with van der Waals surface area (Å²) >= 11 is 0. The minimum Gasteiger partial charge on any atom is -0.368 e. The van der Waals surface area contributed by atoms with Crippen molar-refractivity contribution >= 4 is 15.9 Å². The summed E-state index contributed by atoms with van der Waals surface area (Å²) in [7, 11) is -3.33. The lowest BCUT2D eigenvalue weighted by molar-refractivity contribution is -0.121. The maximum Gasteiger partial charge on any atom is 0.235 e. The number of carbonyl (C=O) groups excluding carboxylic acids is 1. The molecule has 17 heavy (non-hydrogen) atoms. The van der Waals surface area contributed by atoms with Crippen molar-refractivity contribution in [3.8, 4) is 0 Å². The van der Waals surface area contributed by atoms with Crippen LogP contribution in [0.2, 0.25) is 0 Å². The van der Waals surface area contributed by atoms with Gasteiger partial charge in [0.05, 0.1) is 5.75 Å². The number of carbonyl (C=O) groups is 1. The molecule has 1 heterocycles. The molecule has 2 N–H and O–H groups in total. The van der Waals surface area contributed by atoms with Gasteiger partial charge in [0.15, 0.2) is 0 Å². The highest BCUT2D eigenvalue weighted by molar-refractivity contribution is 7.89. The Balaban J connectivity index is 2.33. The molecule has 2 rings (SSSR count). The number of primary amides is 1. The van der Waals surface area contributed by atoms with Crippen molar-refractivity contribution in [1.82, 2.24) is 4.31 Å². The van der Waals surface area contributed by atoms with Gasteiger partial charge in [-0.1, -0.05) is 12.8 Å². The summed E-state index contributed by atoms with van der Waals surface area (Å²) in [5, 5.41) is 0. The van der Waals surface area contributed by atoms with E-state index in [1.165, 1.54) is 4.31 Å². The number of rotatable bonds is 3. The second-order valence-electron chi connectivity index (χ2n) is 5.00. The van der Waals surface area contributed by atoms with Gasteiger partial charge in [0, 0.05) is 6.04 Å².